The molecule has 0 saturated heterocycles. The van der Waals surface area contributed by atoms with Gasteiger partial charge in [0.2, 0.25) is 0 Å². The van der Waals surface area contributed by atoms with Gasteiger partial charge in [0.25, 0.3) is 0 Å². The van der Waals surface area contributed by atoms with Crippen LogP contribution in [0.15, 0.2) is 24.1 Å². The van der Waals surface area contributed by atoms with Crippen molar-refractivity contribution in [2.45, 2.75) is 110 Å². The van der Waals surface area contributed by atoms with Gasteiger partial charge in [-0.1, -0.05) is 38.8 Å². The Morgan fingerprint density at radius 2 is 1.25 bits per heavy atom. The van der Waals surface area contributed by atoms with Crippen LogP contribution in [0, 0.1) is 41.4 Å². The second-order valence-electron chi connectivity index (χ2n) is 11.2. The van der Waals surface area contributed by atoms with Gasteiger partial charge >= 0.3 is 6.18 Å². The Hall–Kier alpha value is -0.800. The highest BCUT2D eigenvalue weighted by Crippen LogP contribution is 2.44. The minimum absolute atomic E-state index is 0.131. The number of alkyl halides is 3. The molecule has 0 aromatic rings. The first-order valence-corrected chi connectivity index (χ1v) is 13.4. The highest BCUT2D eigenvalue weighted by molar-refractivity contribution is 5.03. The van der Waals surface area contributed by atoms with Crippen LogP contribution < -0.4 is 0 Å². The zero-order chi connectivity index (χ0) is 23.1. The number of allylic oxidation sites excluding steroid dienone is 4. The fraction of sp³-hybridized carbons (Fsp3) is 0.857. The van der Waals surface area contributed by atoms with Crippen LogP contribution in [0.25, 0.3) is 0 Å². The summed E-state index contributed by atoms with van der Waals surface area (Å²) in [6, 6.07) is 0. The molecule has 3 rings (SSSR count). The maximum absolute atomic E-state index is 13.9. The molecule has 0 aliphatic heterocycles. The summed E-state index contributed by atoms with van der Waals surface area (Å²) >= 11 is 0. The molecule has 0 nitrogen and oxygen atoms in total. The Morgan fingerprint density at radius 3 is 1.72 bits per heavy atom. The summed E-state index contributed by atoms with van der Waals surface area (Å²) in [5.41, 5.74) is 0. The van der Waals surface area contributed by atoms with Crippen molar-refractivity contribution in [1.29, 1.82) is 0 Å². The summed E-state index contributed by atoms with van der Waals surface area (Å²) in [5, 5.41) is 0. The van der Waals surface area contributed by atoms with Gasteiger partial charge in [0.15, 0.2) is 0 Å². The molecule has 3 saturated carbocycles. The normalized spacial score (nSPS) is 36.4. The molecule has 0 bridgehead atoms. The van der Waals surface area contributed by atoms with Gasteiger partial charge in [-0.15, -0.1) is 0 Å². The van der Waals surface area contributed by atoms with Crippen molar-refractivity contribution in [1.82, 2.24) is 0 Å². The maximum atomic E-state index is 13.9. The average Bonchev–Trinajstić information content (AvgIpc) is 2.77. The molecule has 0 radical (unpaired) electrons. The average molecular weight is 457 g/mol. The van der Waals surface area contributed by atoms with E-state index >= 15 is 0 Å². The van der Waals surface area contributed by atoms with Gasteiger partial charge in [-0.05, 0) is 113 Å². The lowest BCUT2D eigenvalue weighted by atomic mass is 9.69. The zero-order valence-electron chi connectivity index (χ0n) is 20.2. The molecule has 0 spiro atoms. The van der Waals surface area contributed by atoms with E-state index in [0.29, 0.717) is 30.6 Å². The topological polar surface area (TPSA) is 0 Å². The van der Waals surface area contributed by atoms with Crippen molar-refractivity contribution in [2.75, 3.05) is 0 Å². The van der Waals surface area contributed by atoms with E-state index < -0.39 is 17.9 Å². The summed E-state index contributed by atoms with van der Waals surface area (Å²) < 4.78 is 51.1. The zero-order valence-corrected chi connectivity index (χ0v) is 20.2. The Balaban J connectivity index is 1.35. The molecule has 0 heterocycles. The quantitative estimate of drug-likeness (QED) is 0.264. The van der Waals surface area contributed by atoms with Crippen molar-refractivity contribution in [3.63, 3.8) is 0 Å². The second-order valence-corrected chi connectivity index (χ2v) is 11.2. The maximum Gasteiger partial charge on any atom is 0.412 e. The highest BCUT2D eigenvalue weighted by atomic mass is 19.4. The SMILES string of the molecule is CCCC(C)C1CCC(/C=C/C2CCC(C3CCC(/C(F)=C/C(F)(F)F)CC3)CC2)CC1. The van der Waals surface area contributed by atoms with Gasteiger partial charge in [-0.25, -0.2) is 4.39 Å². The standard InChI is InChI=1S/C28H44F4/c1-3-4-20(2)23-11-7-21(8-12-23)5-6-22-9-13-24(14-10-22)25-15-17-26(18-16-25)27(29)19-28(30,31)32/h5-6,19-26H,3-4,7-18H2,1-2H3/b6-5+,27-19-. The van der Waals surface area contributed by atoms with Gasteiger partial charge < -0.3 is 0 Å². The summed E-state index contributed by atoms with van der Waals surface area (Å²) in [5.74, 6) is 3.07. The van der Waals surface area contributed by atoms with Gasteiger partial charge in [0.05, 0.1) is 6.08 Å². The van der Waals surface area contributed by atoms with Crippen molar-refractivity contribution < 1.29 is 17.6 Å². The monoisotopic (exact) mass is 456 g/mol. The minimum Gasteiger partial charge on any atom is -0.212 e. The first kappa shape index (κ1) is 25.8. The van der Waals surface area contributed by atoms with Crippen LogP contribution in [0.3, 0.4) is 0 Å². The smallest absolute Gasteiger partial charge is 0.212 e. The van der Waals surface area contributed by atoms with E-state index in [2.05, 4.69) is 26.0 Å². The molecular weight excluding hydrogens is 412 g/mol. The fourth-order valence-electron chi connectivity index (χ4n) is 6.86. The van der Waals surface area contributed by atoms with Gasteiger partial charge in [-0.2, -0.15) is 13.2 Å². The van der Waals surface area contributed by atoms with Crippen molar-refractivity contribution in [3.8, 4) is 0 Å². The van der Waals surface area contributed by atoms with Crippen LogP contribution in [0.1, 0.15) is 104 Å². The minimum atomic E-state index is -4.54. The molecule has 3 aliphatic carbocycles. The van der Waals surface area contributed by atoms with Crippen LogP contribution in [0.2, 0.25) is 0 Å². The van der Waals surface area contributed by atoms with Crippen molar-refractivity contribution >= 4 is 0 Å². The Kier molecular flexibility index (Phi) is 9.73. The third-order valence-corrected chi connectivity index (χ3v) is 8.97. The van der Waals surface area contributed by atoms with Crippen molar-refractivity contribution in [3.05, 3.63) is 24.1 Å². The number of hydrogen-bond donors (Lipinski definition) is 0. The predicted molar refractivity (Wildman–Crippen MR) is 125 cm³/mol. The van der Waals surface area contributed by atoms with Crippen LogP contribution in [0.4, 0.5) is 17.6 Å². The molecule has 3 fully saturated rings. The summed E-state index contributed by atoms with van der Waals surface area (Å²) in [7, 11) is 0. The third-order valence-electron chi connectivity index (χ3n) is 8.97. The van der Waals surface area contributed by atoms with Gasteiger partial charge in [0, 0.05) is 5.92 Å². The number of rotatable bonds is 7. The molecule has 1 unspecified atom stereocenters. The molecule has 0 aromatic heterocycles. The molecule has 184 valence electrons. The molecular formula is C28H44F4. The highest BCUT2D eigenvalue weighted by Gasteiger charge is 2.34. The molecule has 3 aliphatic rings. The van der Waals surface area contributed by atoms with Crippen LogP contribution in [-0.2, 0) is 0 Å². The first-order chi connectivity index (χ1) is 15.2. The van der Waals surface area contributed by atoms with Crippen molar-refractivity contribution in [2.24, 2.45) is 41.4 Å². The Morgan fingerprint density at radius 1 is 0.781 bits per heavy atom. The molecule has 0 amide bonds. The Bertz CT molecular complexity index is 595. The molecule has 0 aromatic carbocycles. The fourth-order valence-corrected chi connectivity index (χ4v) is 6.86. The largest absolute Gasteiger partial charge is 0.412 e. The molecule has 32 heavy (non-hydrogen) atoms. The van der Waals surface area contributed by atoms with Crippen LogP contribution in [0.5, 0.6) is 0 Å². The first-order valence-electron chi connectivity index (χ1n) is 13.4. The predicted octanol–water partition coefficient (Wildman–Crippen LogP) is 9.81. The van der Waals surface area contributed by atoms with Gasteiger partial charge in [-0.3, -0.25) is 0 Å². The lowest BCUT2D eigenvalue weighted by Gasteiger charge is -2.37. The van der Waals surface area contributed by atoms with E-state index in [0.717, 1.165) is 30.6 Å². The van der Waals surface area contributed by atoms with E-state index in [1.165, 1.54) is 64.2 Å². The van der Waals surface area contributed by atoms with Crippen LogP contribution >= 0.6 is 0 Å². The van der Waals surface area contributed by atoms with E-state index in [1.807, 2.05) is 0 Å². The summed E-state index contributed by atoms with van der Waals surface area (Å²) in [6.07, 6.45) is 16.4. The number of halogens is 4. The second kappa shape index (κ2) is 12.1. The van der Waals surface area contributed by atoms with E-state index in [4.69, 9.17) is 0 Å². The van der Waals surface area contributed by atoms with Crippen LogP contribution in [-0.4, -0.2) is 6.18 Å². The number of hydrogen-bond acceptors (Lipinski definition) is 0. The molecule has 4 heteroatoms. The van der Waals surface area contributed by atoms with E-state index in [9.17, 15) is 17.6 Å². The Labute approximate surface area is 193 Å². The van der Waals surface area contributed by atoms with E-state index in [1.54, 1.807) is 0 Å². The summed E-state index contributed by atoms with van der Waals surface area (Å²) in [4.78, 5) is 0. The molecule has 1 atom stereocenters. The summed E-state index contributed by atoms with van der Waals surface area (Å²) in [6.45, 7) is 4.73. The van der Waals surface area contributed by atoms with Gasteiger partial charge in [0.1, 0.15) is 5.83 Å². The molecule has 0 N–H and O–H groups in total. The lowest BCUT2D eigenvalue weighted by molar-refractivity contribution is -0.0821. The third kappa shape index (κ3) is 7.90. The van der Waals surface area contributed by atoms with E-state index in [-0.39, 0.29) is 6.08 Å². The lowest BCUT2D eigenvalue weighted by Crippen LogP contribution is -2.26.